The highest BCUT2D eigenvalue weighted by atomic mass is 16.4. The van der Waals surface area contributed by atoms with E-state index in [2.05, 4.69) is 25.9 Å². The predicted molar refractivity (Wildman–Crippen MR) is 95.4 cm³/mol. The molecule has 12 nitrogen and oxygen atoms in total. The van der Waals surface area contributed by atoms with Gasteiger partial charge in [0.1, 0.15) is 12.2 Å². The molecule has 3 rings (SSSR count). The van der Waals surface area contributed by atoms with Crippen LogP contribution in [-0.2, 0) is 32.0 Å². The number of amides is 2. The van der Waals surface area contributed by atoms with Crippen LogP contribution in [-0.4, -0.2) is 52.2 Å². The Morgan fingerprint density at radius 1 is 1.18 bits per heavy atom. The lowest BCUT2D eigenvalue weighted by atomic mass is 10.3. The SMILES string of the molecule is Cn1cc(CNC(=O)c2c(NC(=O)Cn3ccc(C(=O)O)n3)cnn2C)cn1. The zero-order valence-corrected chi connectivity index (χ0v) is 15.2. The molecular weight excluding hydrogens is 368 g/mol. The number of rotatable bonds is 7. The molecule has 0 atom stereocenters. The van der Waals surface area contributed by atoms with Crippen molar-refractivity contribution in [2.24, 2.45) is 14.1 Å². The van der Waals surface area contributed by atoms with Crippen molar-refractivity contribution in [2.75, 3.05) is 5.32 Å². The molecule has 0 aromatic carbocycles. The first-order valence-corrected chi connectivity index (χ1v) is 8.18. The van der Waals surface area contributed by atoms with E-state index < -0.39 is 17.8 Å². The molecule has 0 fully saturated rings. The maximum Gasteiger partial charge on any atom is 0.356 e. The summed E-state index contributed by atoms with van der Waals surface area (Å²) < 4.78 is 4.17. The molecule has 12 heteroatoms. The number of carboxylic acid groups (broad SMARTS) is 1. The van der Waals surface area contributed by atoms with Gasteiger partial charge in [0, 0.05) is 38.6 Å². The van der Waals surface area contributed by atoms with E-state index in [1.807, 2.05) is 0 Å². The molecule has 0 aliphatic heterocycles. The lowest BCUT2D eigenvalue weighted by Crippen LogP contribution is -2.27. The first-order valence-electron chi connectivity index (χ1n) is 8.18. The van der Waals surface area contributed by atoms with Crippen molar-refractivity contribution >= 4 is 23.5 Å². The van der Waals surface area contributed by atoms with Crippen LogP contribution in [0.2, 0.25) is 0 Å². The Kier molecular flexibility index (Phi) is 5.20. The quantitative estimate of drug-likeness (QED) is 0.501. The number of carbonyl (C=O) groups is 3. The zero-order valence-electron chi connectivity index (χ0n) is 15.2. The molecule has 28 heavy (non-hydrogen) atoms. The summed E-state index contributed by atoms with van der Waals surface area (Å²) in [4.78, 5) is 35.6. The highest BCUT2D eigenvalue weighted by Gasteiger charge is 2.19. The number of hydrogen-bond acceptors (Lipinski definition) is 6. The standard InChI is InChI=1S/C16H18N8O4/c1-22-8-10(6-18-22)5-17-15(26)14-12(7-19-23(14)2)20-13(25)9-24-4-3-11(21-24)16(27)28/h3-4,6-8H,5,9H2,1-2H3,(H,17,26)(H,20,25)(H,27,28). The molecule has 0 saturated heterocycles. The van der Waals surface area contributed by atoms with Crippen LogP contribution in [0.25, 0.3) is 0 Å². The second-order valence-corrected chi connectivity index (χ2v) is 5.99. The van der Waals surface area contributed by atoms with E-state index in [0.29, 0.717) is 0 Å². The summed E-state index contributed by atoms with van der Waals surface area (Å²) in [5.41, 5.74) is 1.09. The highest BCUT2D eigenvalue weighted by molar-refractivity contribution is 6.02. The van der Waals surface area contributed by atoms with Gasteiger partial charge >= 0.3 is 5.97 Å². The number of aryl methyl sites for hydroxylation is 2. The monoisotopic (exact) mass is 386 g/mol. The second-order valence-electron chi connectivity index (χ2n) is 5.99. The van der Waals surface area contributed by atoms with E-state index in [4.69, 9.17) is 5.11 Å². The van der Waals surface area contributed by atoms with Crippen LogP contribution in [0.1, 0.15) is 26.5 Å². The smallest absolute Gasteiger partial charge is 0.356 e. The fourth-order valence-corrected chi connectivity index (χ4v) is 2.53. The Labute approximate surface area is 158 Å². The van der Waals surface area contributed by atoms with E-state index in [9.17, 15) is 14.4 Å². The summed E-state index contributed by atoms with van der Waals surface area (Å²) in [5.74, 6) is -2.07. The summed E-state index contributed by atoms with van der Waals surface area (Å²) in [6.45, 7) is 0.0649. The number of hydrogen-bond donors (Lipinski definition) is 3. The summed E-state index contributed by atoms with van der Waals surface area (Å²) in [6, 6.07) is 1.29. The Morgan fingerprint density at radius 2 is 1.96 bits per heavy atom. The van der Waals surface area contributed by atoms with Crippen molar-refractivity contribution in [3.63, 3.8) is 0 Å². The van der Waals surface area contributed by atoms with Crippen LogP contribution in [0.15, 0.2) is 30.9 Å². The molecule has 3 aromatic heterocycles. The van der Waals surface area contributed by atoms with Crippen LogP contribution in [0.5, 0.6) is 0 Å². The third-order valence-corrected chi connectivity index (χ3v) is 3.80. The number of aromatic carboxylic acids is 1. The third kappa shape index (κ3) is 4.23. The molecule has 3 N–H and O–H groups in total. The molecule has 3 heterocycles. The minimum atomic E-state index is -1.18. The lowest BCUT2D eigenvalue weighted by Gasteiger charge is -2.08. The molecule has 0 radical (unpaired) electrons. The number of carboxylic acids is 1. The van der Waals surface area contributed by atoms with Crippen LogP contribution in [0.4, 0.5) is 5.69 Å². The summed E-state index contributed by atoms with van der Waals surface area (Å²) in [6.07, 6.45) is 6.17. The maximum atomic E-state index is 12.5. The Balaban J connectivity index is 1.64. The van der Waals surface area contributed by atoms with E-state index in [-0.39, 0.29) is 30.2 Å². The molecule has 0 bridgehead atoms. The minimum absolute atomic E-state index is 0.162. The van der Waals surface area contributed by atoms with Crippen molar-refractivity contribution in [1.82, 2.24) is 34.7 Å². The zero-order chi connectivity index (χ0) is 20.3. The van der Waals surface area contributed by atoms with Gasteiger partial charge in [0.15, 0.2) is 5.69 Å². The highest BCUT2D eigenvalue weighted by Crippen LogP contribution is 2.14. The van der Waals surface area contributed by atoms with Gasteiger partial charge in [-0.3, -0.25) is 23.6 Å². The normalized spacial score (nSPS) is 10.6. The number of carbonyl (C=O) groups excluding carboxylic acids is 2. The first-order chi connectivity index (χ1) is 13.3. The van der Waals surface area contributed by atoms with E-state index >= 15 is 0 Å². The summed E-state index contributed by atoms with van der Waals surface area (Å²) >= 11 is 0. The predicted octanol–water partition coefficient (Wildman–Crippen LogP) is -0.383. The molecule has 0 unspecified atom stereocenters. The molecule has 0 aliphatic carbocycles. The van der Waals surface area contributed by atoms with Crippen molar-refractivity contribution in [3.05, 3.63) is 47.8 Å². The van der Waals surface area contributed by atoms with E-state index in [1.54, 1.807) is 31.2 Å². The Hall–Kier alpha value is -3.96. The van der Waals surface area contributed by atoms with E-state index in [0.717, 1.165) is 5.56 Å². The first kappa shape index (κ1) is 18.8. The minimum Gasteiger partial charge on any atom is -0.476 e. The molecule has 2 amide bonds. The fraction of sp³-hybridized carbons (Fsp3) is 0.250. The van der Waals surface area contributed by atoms with Gasteiger partial charge < -0.3 is 15.7 Å². The second kappa shape index (κ2) is 7.73. The molecule has 0 aliphatic rings. The number of aromatic nitrogens is 6. The molecule has 3 aromatic rings. The van der Waals surface area contributed by atoms with Crippen molar-refractivity contribution in [1.29, 1.82) is 0 Å². The van der Waals surface area contributed by atoms with Gasteiger partial charge in [-0.1, -0.05) is 0 Å². The lowest BCUT2D eigenvalue weighted by molar-refractivity contribution is -0.116. The summed E-state index contributed by atoms with van der Waals surface area (Å²) in [5, 5.41) is 26.0. The third-order valence-electron chi connectivity index (χ3n) is 3.80. The largest absolute Gasteiger partial charge is 0.476 e. The van der Waals surface area contributed by atoms with Crippen LogP contribution in [0.3, 0.4) is 0 Å². The Bertz CT molecular complexity index is 1030. The molecule has 146 valence electrons. The average Bonchev–Trinajstić information content (AvgIpc) is 3.34. The van der Waals surface area contributed by atoms with Crippen LogP contribution < -0.4 is 10.6 Å². The van der Waals surface area contributed by atoms with Gasteiger partial charge in [-0.15, -0.1) is 0 Å². The van der Waals surface area contributed by atoms with Gasteiger partial charge in [0.2, 0.25) is 5.91 Å². The average molecular weight is 386 g/mol. The van der Waals surface area contributed by atoms with Gasteiger partial charge in [0.05, 0.1) is 18.1 Å². The van der Waals surface area contributed by atoms with E-state index in [1.165, 1.54) is 27.8 Å². The van der Waals surface area contributed by atoms with Crippen molar-refractivity contribution in [3.8, 4) is 0 Å². The fourth-order valence-electron chi connectivity index (χ4n) is 2.53. The molecule has 0 spiro atoms. The molecule has 0 saturated carbocycles. The number of anilines is 1. The Morgan fingerprint density at radius 3 is 2.61 bits per heavy atom. The van der Waals surface area contributed by atoms with Crippen molar-refractivity contribution in [2.45, 2.75) is 13.1 Å². The summed E-state index contributed by atoms with van der Waals surface area (Å²) in [7, 11) is 3.36. The number of nitrogens with one attached hydrogen (secondary N) is 2. The molecular formula is C16H18N8O4. The van der Waals surface area contributed by atoms with Gasteiger partial charge in [0.25, 0.3) is 5.91 Å². The van der Waals surface area contributed by atoms with Gasteiger partial charge in [-0.25, -0.2) is 4.79 Å². The van der Waals surface area contributed by atoms with Crippen LogP contribution >= 0.6 is 0 Å². The maximum absolute atomic E-state index is 12.5. The topological polar surface area (TPSA) is 149 Å². The van der Waals surface area contributed by atoms with Gasteiger partial charge in [-0.05, 0) is 6.07 Å². The van der Waals surface area contributed by atoms with Crippen molar-refractivity contribution < 1.29 is 19.5 Å². The van der Waals surface area contributed by atoms with Gasteiger partial charge in [-0.2, -0.15) is 15.3 Å². The van der Waals surface area contributed by atoms with Crippen LogP contribution in [0, 0.1) is 0 Å². The number of nitrogens with zero attached hydrogens (tertiary/aromatic N) is 6.